The molecule has 2 aliphatic rings. The zero-order valence-electron chi connectivity index (χ0n) is 20.5. The second kappa shape index (κ2) is 11.5. The normalized spacial score (nSPS) is 29.0. The molecule has 0 aromatic heterocycles. The molecule has 0 bridgehead atoms. The first kappa shape index (κ1) is 26.9. The summed E-state index contributed by atoms with van der Waals surface area (Å²) in [6.45, 7) is -0.574. The molecule has 0 aliphatic carbocycles. The fraction of sp³-hybridized carbons (Fsp3) is 0.423. The number of methoxy groups -OCH3 is 3. The van der Waals surface area contributed by atoms with E-state index in [-0.39, 0.29) is 11.5 Å². The van der Waals surface area contributed by atoms with Crippen LogP contribution in [0.5, 0.6) is 23.0 Å². The predicted molar refractivity (Wildman–Crippen MR) is 129 cm³/mol. The minimum Gasteiger partial charge on any atom is -0.493 e. The lowest BCUT2D eigenvalue weighted by molar-refractivity contribution is -0.277. The number of hydrogen-bond donors (Lipinski definition) is 4. The van der Waals surface area contributed by atoms with Crippen LogP contribution in [0.15, 0.2) is 36.4 Å². The van der Waals surface area contributed by atoms with Gasteiger partial charge in [-0.2, -0.15) is 0 Å². The van der Waals surface area contributed by atoms with Gasteiger partial charge in [-0.1, -0.05) is 12.1 Å². The third kappa shape index (κ3) is 5.14. The summed E-state index contributed by atoms with van der Waals surface area (Å²) in [5.74, 6) is 1.48. The van der Waals surface area contributed by atoms with Crippen molar-refractivity contribution in [1.82, 2.24) is 0 Å². The molecule has 2 aliphatic heterocycles. The van der Waals surface area contributed by atoms with E-state index < -0.39 is 49.5 Å². The molecule has 200 valence electrons. The largest absolute Gasteiger partial charge is 0.493 e. The molecule has 37 heavy (non-hydrogen) atoms. The molecular weight excluding hydrogens is 488 g/mol. The second-order valence-corrected chi connectivity index (χ2v) is 8.56. The average molecular weight is 519 g/mol. The van der Waals surface area contributed by atoms with Gasteiger partial charge in [0.05, 0.1) is 20.8 Å². The van der Waals surface area contributed by atoms with Gasteiger partial charge in [0.15, 0.2) is 29.1 Å². The second-order valence-electron chi connectivity index (χ2n) is 8.56. The van der Waals surface area contributed by atoms with Gasteiger partial charge in [0, 0.05) is 12.7 Å². The maximum absolute atomic E-state index is 10.8. The van der Waals surface area contributed by atoms with Gasteiger partial charge in [0.2, 0.25) is 6.29 Å². The van der Waals surface area contributed by atoms with Crippen molar-refractivity contribution < 1.29 is 53.6 Å². The number of carbonyl (C=O) groups is 1. The lowest BCUT2D eigenvalue weighted by Crippen LogP contribution is -2.60. The molecule has 4 N–H and O–H groups in total. The third-order valence-corrected chi connectivity index (χ3v) is 6.38. The summed E-state index contributed by atoms with van der Waals surface area (Å²) >= 11 is 0. The van der Waals surface area contributed by atoms with Crippen LogP contribution in [0, 0.1) is 0 Å². The van der Waals surface area contributed by atoms with Gasteiger partial charge in [-0.3, -0.25) is 4.79 Å². The Morgan fingerprint density at radius 1 is 0.946 bits per heavy atom. The number of rotatable bonds is 9. The van der Waals surface area contributed by atoms with Crippen LogP contribution in [0.1, 0.15) is 28.9 Å². The number of hydrogen-bond acceptors (Lipinski definition) is 11. The van der Waals surface area contributed by atoms with Crippen molar-refractivity contribution in [3.05, 3.63) is 53.1 Å². The van der Waals surface area contributed by atoms with Gasteiger partial charge < -0.3 is 48.8 Å². The van der Waals surface area contributed by atoms with Crippen LogP contribution >= 0.6 is 0 Å². The number of allylic oxidation sites excluding steroid dienone is 1. The minimum absolute atomic E-state index is 0.193. The standard InChI is InChI=1S/C26H30O11/c1-32-17-11-14(6-7-16(17)35-26-22(31)21(30)20(29)19(12-28)36-26)23-25(34-3)15-9-13(5-4-8-27)10-18(33-2)24(15)37-23/h4-11,19-23,25-26,28-31H,12H2,1-3H3. The van der Waals surface area contributed by atoms with E-state index in [2.05, 4.69) is 0 Å². The lowest BCUT2D eigenvalue weighted by atomic mass is 9.98. The molecule has 2 aromatic carbocycles. The van der Waals surface area contributed by atoms with Crippen LogP contribution in [0.4, 0.5) is 0 Å². The summed E-state index contributed by atoms with van der Waals surface area (Å²) in [4.78, 5) is 10.8. The van der Waals surface area contributed by atoms with Gasteiger partial charge in [-0.15, -0.1) is 0 Å². The van der Waals surface area contributed by atoms with Crippen molar-refractivity contribution in [3.8, 4) is 23.0 Å². The average Bonchev–Trinajstić information content (AvgIpc) is 3.30. The summed E-state index contributed by atoms with van der Waals surface area (Å²) in [6, 6.07) is 8.61. The number of benzene rings is 2. The maximum atomic E-state index is 10.8. The topological polar surface area (TPSA) is 153 Å². The van der Waals surface area contributed by atoms with Gasteiger partial charge in [-0.25, -0.2) is 0 Å². The molecule has 1 saturated heterocycles. The first-order valence-corrected chi connectivity index (χ1v) is 11.5. The summed E-state index contributed by atoms with van der Waals surface area (Å²) in [7, 11) is 4.52. The first-order chi connectivity index (χ1) is 17.9. The lowest BCUT2D eigenvalue weighted by Gasteiger charge is -2.39. The number of aliphatic hydroxyl groups is 4. The molecule has 0 spiro atoms. The van der Waals surface area contributed by atoms with E-state index in [0.717, 1.165) is 11.1 Å². The van der Waals surface area contributed by atoms with Crippen LogP contribution in [-0.4, -0.2) is 85.4 Å². The monoisotopic (exact) mass is 518 g/mol. The van der Waals surface area contributed by atoms with Gasteiger partial charge >= 0.3 is 0 Å². The summed E-state index contributed by atoms with van der Waals surface area (Å²) < 4.78 is 34.2. The van der Waals surface area contributed by atoms with E-state index in [0.29, 0.717) is 23.3 Å². The van der Waals surface area contributed by atoms with E-state index in [4.69, 9.17) is 28.4 Å². The molecule has 0 radical (unpaired) electrons. The van der Waals surface area contributed by atoms with E-state index in [1.54, 1.807) is 37.5 Å². The zero-order valence-corrected chi connectivity index (χ0v) is 20.5. The highest BCUT2D eigenvalue weighted by Gasteiger charge is 2.45. The molecule has 0 amide bonds. The fourth-order valence-electron chi connectivity index (χ4n) is 4.48. The Kier molecular flexibility index (Phi) is 8.32. The van der Waals surface area contributed by atoms with Gasteiger partial charge in [0.1, 0.15) is 36.8 Å². The van der Waals surface area contributed by atoms with E-state index in [9.17, 15) is 25.2 Å². The number of carbonyl (C=O) groups excluding carboxylic acids is 1. The van der Waals surface area contributed by atoms with Crippen molar-refractivity contribution in [1.29, 1.82) is 0 Å². The molecule has 1 fully saturated rings. The van der Waals surface area contributed by atoms with Crippen LogP contribution in [0.3, 0.4) is 0 Å². The van der Waals surface area contributed by atoms with Crippen LogP contribution < -0.4 is 18.9 Å². The Balaban J connectivity index is 1.62. The van der Waals surface area contributed by atoms with Crippen LogP contribution in [0.2, 0.25) is 0 Å². The molecule has 11 nitrogen and oxygen atoms in total. The highest BCUT2D eigenvalue weighted by molar-refractivity contribution is 5.75. The quantitative estimate of drug-likeness (QED) is 0.277. The number of aliphatic hydroxyl groups excluding tert-OH is 4. The Labute approximate surface area is 213 Å². The summed E-state index contributed by atoms with van der Waals surface area (Å²) in [5, 5.41) is 39.8. The van der Waals surface area contributed by atoms with Gasteiger partial charge in [0.25, 0.3) is 0 Å². The van der Waals surface area contributed by atoms with E-state index in [1.807, 2.05) is 6.07 Å². The molecular formula is C26H30O11. The van der Waals surface area contributed by atoms with Crippen LogP contribution in [-0.2, 0) is 14.3 Å². The minimum atomic E-state index is -1.57. The summed E-state index contributed by atoms with van der Waals surface area (Å²) in [6.07, 6.45) is -4.46. The molecule has 2 aromatic rings. The van der Waals surface area contributed by atoms with E-state index >= 15 is 0 Å². The van der Waals surface area contributed by atoms with Crippen molar-refractivity contribution >= 4 is 12.4 Å². The third-order valence-electron chi connectivity index (χ3n) is 6.38. The predicted octanol–water partition coefficient (Wildman–Crippen LogP) is 0.916. The van der Waals surface area contributed by atoms with Crippen molar-refractivity contribution in [2.45, 2.75) is 42.9 Å². The molecule has 7 unspecified atom stereocenters. The van der Waals surface area contributed by atoms with Crippen LogP contribution in [0.25, 0.3) is 6.08 Å². The van der Waals surface area contributed by atoms with Crippen molar-refractivity contribution in [2.24, 2.45) is 0 Å². The highest BCUT2D eigenvalue weighted by Crippen LogP contribution is 2.52. The number of ether oxygens (including phenoxy) is 6. The van der Waals surface area contributed by atoms with Gasteiger partial charge in [-0.05, 0) is 41.5 Å². The fourth-order valence-corrected chi connectivity index (χ4v) is 4.48. The molecule has 7 atom stereocenters. The molecule has 11 heteroatoms. The number of fused-ring (bicyclic) bond motifs is 1. The summed E-state index contributed by atoms with van der Waals surface area (Å²) in [5.41, 5.74) is 2.18. The van der Waals surface area contributed by atoms with E-state index in [1.165, 1.54) is 20.3 Å². The Hall–Kier alpha value is -3.19. The Morgan fingerprint density at radius 3 is 2.35 bits per heavy atom. The molecule has 2 heterocycles. The molecule has 4 rings (SSSR count). The highest BCUT2D eigenvalue weighted by atomic mass is 16.7. The number of aldehydes is 1. The first-order valence-electron chi connectivity index (χ1n) is 11.5. The smallest absolute Gasteiger partial charge is 0.229 e. The molecule has 0 saturated carbocycles. The SMILES string of the molecule is COc1cc(C2Oc3c(OC)cc(C=CC=O)cc3C2OC)ccc1OC1OC(CO)C(O)C(O)C1O. The maximum Gasteiger partial charge on any atom is 0.229 e. The Bertz CT molecular complexity index is 1130. The zero-order chi connectivity index (χ0) is 26.7. The van der Waals surface area contributed by atoms with Crippen molar-refractivity contribution in [2.75, 3.05) is 27.9 Å². The Morgan fingerprint density at radius 2 is 1.70 bits per heavy atom. The van der Waals surface area contributed by atoms with Crippen molar-refractivity contribution in [3.63, 3.8) is 0 Å².